The maximum absolute atomic E-state index is 9.32. The molecule has 2 atom stereocenters. The Hall–Kier alpha value is -0.350. The Balaban J connectivity index is 1.95. The van der Waals surface area contributed by atoms with Gasteiger partial charge >= 0.3 is 0 Å². The van der Waals surface area contributed by atoms with E-state index in [4.69, 9.17) is 0 Å². The average Bonchev–Trinajstić information content (AvgIpc) is 2.44. The van der Waals surface area contributed by atoms with E-state index in [9.17, 15) is 5.11 Å². The van der Waals surface area contributed by atoms with Crippen LogP contribution in [0, 0.1) is 5.92 Å². The van der Waals surface area contributed by atoms with Crippen molar-refractivity contribution < 1.29 is 5.11 Å². The van der Waals surface area contributed by atoms with E-state index in [2.05, 4.69) is 21.0 Å². The number of nitrogens with zero attached hydrogens (tertiary/aromatic N) is 2. The first-order valence-corrected chi connectivity index (χ1v) is 4.91. The van der Waals surface area contributed by atoms with Crippen LogP contribution in [0.2, 0.25) is 0 Å². The number of hydrogen-bond donors (Lipinski definition) is 1. The largest absolute Gasteiger partial charge is 0.393 e. The van der Waals surface area contributed by atoms with Crippen LogP contribution in [-0.4, -0.2) is 21.0 Å². The molecule has 1 aromatic heterocycles. The number of rotatable bonds is 2. The van der Waals surface area contributed by atoms with E-state index in [0.717, 1.165) is 23.9 Å². The Morgan fingerprint density at radius 3 is 2.92 bits per heavy atom. The highest BCUT2D eigenvalue weighted by Crippen LogP contribution is 2.28. The molecule has 66 valence electrons. The summed E-state index contributed by atoms with van der Waals surface area (Å²) in [4.78, 5) is 0. The van der Waals surface area contributed by atoms with E-state index in [0.29, 0.717) is 5.92 Å². The number of aliphatic hydroxyl groups is 1. The highest BCUT2D eigenvalue weighted by molar-refractivity contribution is 9.10. The average molecular weight is 231 g/mol. The van der Waals surface area contributed by atoms with Gasteiger partial charge in [-0.2, -0.15) is 5.10 Å². The molecule has 1 saturated carbocycles. The van der Waals surface area contributed by atoms with E-state index in [1.165, 1.54) is 0 Å². The minimum Gasteiger partial charge on any atom is -0.393 e. The highest BCUT2D eigenvalue weighted by Gasteiger charge is 2.28. The zero-order valence-corrected chi connectivity index (χ0v) is 8.24. The summed E-state index contributed by atoms with van der Waals surface area (Å²) in [5.41, 5.74) is 0. The van der Waals surface area contributed by atoms with Crippen LogP contribution in [-0.2, 0) is 6.54 Å². The van der Waals surface area contributed by atoms with Crippen molar-refractivity contribution >= 4 is 15.9 Å². The molecule has 0 saturated heterocycles. The van der Waals surface area contributed by atoms with E-state index in [-0.39, 0.29) is 6.10 Å². The monoisotopic (exact) mass is 230 g/mol. The minimum atomic E-state index is -0.104. The van der Waals surface area contributed by atoms with Gasteiger partial charge in [0.15, 0.2) is 0 Å². The molecule has 1 aliphatic rings. The second kappa shape index (κ2) is 3.18. The lowest BCUT2D eigenvalue weighted by Gasteiger charge is -2.31. The van der Waals surface area contributed by atoms with Gasteiger partial charge in [0.25, 0.3) is 0 Å². The fraction of sp³-hybridized carbons (Fsp3) is 0.625. The lowest BCUT2D eigenvalue weighted by atomic mass is 9.82. The third kappa shape index (κ3) is 1.54. The molecule has 1 heterocycles. The minimum absolute atomic E-state index is 0.104. The van der Waals surface area contributed by atoms with Gasteiger partial charge in [0.05, 0.1) is 16.8 Å². The van der Waals surface area contributed by atoms with Crippen LogP contribution < -0.4 is 0 Å². The second-order valence-corrected chi connectivity index (χ2v) is 4.20. The zero-order valence-electron chi connectivity index (χ0n) is 6.65. The van der Waals surface area contributed by atoms with E-state index < -0.39 is 0 Å². The molecule has 12 heavy (non-hydrogen) atoms. The van der Waals surface area contributed by atoms with E-state index >= 15 is 0 Å². The Bertz CT molecular complexity index is 274. The molecule has 4 heteroatoms. The molecule has 2 rings (SSSR count). The molecule has 1 aliphatic carbocycles. The van der Waals surface area contributed by atoms with Crippen LogP contribution in [0.15, 0.2) is 16.9 Å². The molecular formula is C8H11BrN2O. The molecular weight excluding hydrogens is 220 g/mol. The predicted molar refractivity (Wildman–Crippen MR) is 48.7 cm³/mol. The van der Waals surface area contributed by atoms with Crippen molar-refractivity contribution in [2.24, 2.45) is 5.92 Å². The molecule has 0 aliphatic heterocycles. The number of aliphatic hydroxyl groups excluding tert-OH is 1. The first kappa shape index (κ1) is 8.26. The molecule has 1 N–H and O–H groups in total. The van der Waals surface area contributed by atoms with Gasteiger partial charge in [0, 0.05) is 18.7 Å². The maximum Gasteiger partial charge on any atom is 0.0632 e. The van der Waals surface area contributed by atoms with Crippen molar-refractivity contribution in [1.29, 1.82) is 0 Å². The molecule has 0 bridgehead atoms. The summed E-state index contributed by atoms with van der Waals surface area (Å²) in [5.74, 6) is 0.414. The normalized spacial score (nSPS) is 28.5. The molecule has 1 aromatic rings. The Morgan fingerprint density at radius 1 is 1.67 bits per heavy atom. The smallest absolute Gasteiger partial charge is 0.0632 e. The number of halogens is 1. The summed E-state index contributed by atoms with van der Waals surface area (Å²) in [6.45, 7) is 0.840. The fourth-order valence-corrected chi connectivity index (χ4v) is 1.77. The van der Waals surface area contributed by atoms with Crippen LogP contribution in [0.3, 0.4) is 0 Å². The van der Waals surface area contributed by atoms with Gasteiger partial charge in [-0.1, -0.05) is 0 Å². The summed E-state index contributed by atoms with van der Waals surface area (Å²) in [6.07, 6.45) is 5.68. The summed E-state index contributed by atoms with van der Waals surface area (Å²) in [5, 5.41) is 13.5. The second-order valence-electron chi connectivity index (χ2n) is 3.29. The first-order chi connectivity index (χ1) is 5.75. The zero-order chi connectivity index (χ0) is 8.55. The number of hydrogen-bond acceptors (Lipinski definition) is 2. The van der Waals surface area contributed by atoms with Gasteiger partial charge in [0.2, 0.25) is 0 Å². The third-order valence-corrected chi connectivity index (χ3v) is 2.81. The molecule has 0 amide bonds. The van der Waals surface area contributed by atoms with Crippen molar-refractivity contribution in [3.8, 4) is 0 Å². The Kier molecular flexibility index (Phi) is 2.19. The van der Waals surface area contributed by atoms with Crippen molar-refractivity contribution in [1.82, 2.24) is 9.78 Å². The van der Waals surface area contributed by atoms with Gasteiger partial charge < -0.3 is 5.11 Å². The van der Waals surface area contributed by atoms with Crippen molar-refractivity contribution in [3.63, 3.8) is 0 Å². The quantitative estimate of drug-likeness (QED) is 0.835. The molecule has 0 radical (unpaired) electrons. The van der Waals surface area contributed by atoms with Crippen molar-refractivity contribution in [3.05, 3.63) is 16.9 Å². The van der Waals surface area contributed by atoms with Crippen LogP contribution in [0.25, 0.3) is 0 Å². The highest BCUT2D eigenvalue weighted by atomic mass is 79.9. The summed E-state index contributed by atoms with van der Waals surface area (Å²) in [6, 6.07) is 0. The standard InChI is InChI=1S/C8H11BrN2O/c9-7-3-10-11(5-7)4-6-1-2-8(6)12/h3,5-6,8,12H,1-2,4H2. The Morgan fingerprint density at radius 2 is 2.50 bits per heavy atom. The molecule has 0 spiro atoms. The number of aromatic nitrogens is 2. The van der Waals surface area contributed by atoms with E-state index in [1.807, 2.05) is 10.9 Å². The predicted octanol–water partition coefficient (Wildman–Crippen LogP) is 1.42. The Labute approximate surface area is 79.5 Å². The first-order valence-electron chi connectivity index (χ1n) is 4.12. The third-order valence-electron chi connectivity index (χ3n) is 2.40. The topological polar surface area (TPSA) is 38.0 Å². The van der Waals surface area contributed by atoms with Gasteiger partial charge in [0.1, 0.15) is 0 Å². The lowest BCUT2D eigenvalue weighted by molar-refractivity contribution is 0.0129. The van der Waals surface area contributed by atoms with Crippen molar-refractivity contribution in [2.45, 2.75) is 25.5 Å². The summed E-state index contributed by atoms with van der Waals surface area (Å²) < 4.78 is 2.87. The summed E-state index contributed by atoms with van der Waals surface area (Å²) >= 11 is 3.33. The van der Waals surface area contributed by atoms with Crippen LogP contribution in [0.5, 0.6) is 0 Å². The van der Waals surface area contributed by atoms with Crippen LogP contribution in [0.4, 0.5) is 0 Å². The lowest BCUT2D eigenvalue weighted by Crippen LogP contribution is -2.34. The van der Waals surface area contributed by atoms with Gasteiger partial charge in [-0.15, -0.1) is 0 Å². The van der Waals surface area contributed by atoms with Crippen LogP contribution in [0.1, 0.15) is 12.8 Å². The molecule has 1 fully saturated rings. The maximum atomic E-state index is 9.32. The van der Waals surface area contributed by atoms with Gasteiger partial charge in [-0.05, 0) is 28.8 Å². The molecule has 0 aromatic carbocycles. The fourth-order valence-electron chi connectivity index (χ4n) is 1.44. The molecule has 3 nitrogen and oxygen atoms in total. The SMILES string of the molecule is OC1CCC1Cn1cc(Br)cn1. The van der Waals surface area contributed by atoms with Gasteiger partial charge in [-0.25, -0.2) is 0 Å². The summed E-state index contributed by atoms with van der Waals surface area (Å²) in [7, 11) is 0. The molecule has 2 unspecified atom stereocenters. The van der Waals surface area contributed by atoms with Gasteiger partial charge in [-0.3, -0.25) is 4.68 Å². The van der Waals surface area contributed by atoms with E-state index in [1.54, 1.807) is 6.20 Å². The van der Waals surface area contributed by atoms with Crippen molar-refractivity contribution in [2.75, 3.05) is 0 Å². The van der Waals surface area contributed by atoms with Crippen LogP contribution >= 0.6 is 15.9 Å².